The van der Waals surface area contributed by atoms with Crippen LogP contribution < -0.4 is 10.2 Å². The first-order valence-electron chi connectivity index (χ1n) is 11.0. The number of hydrogen-bond acceptors (Lipinski definition) is 3. The number of carbonyl (C=O) groups is 2. The van der Waals surface area contributed by atoms with E-state index in [9.17, 15) is 18.4 Å². The van der Waals surface area contributed by atoms with Crippen molar-refractivity contribution in [3.8, 4) is 0 Å². The number of thioether (sulfide) groups is 1. The van der Waals surface area contributed by atoms with E-state index >= 15 is 0 Å². The van der Waals surface area contributed by atoms with Crippen LogP contribution in [0.1, 0.15) is 22.3 Å². The highest BCUT2D eigenvalue weighted by Gasteiger charge is 2.59. The van der Waals surface area contributed by atoms with Crippen LogP contribution >= 0.6 is 11.8 Å². The first-order chi connectivity index (χ1) is 16.3. The topological polar surface area (TPSA) is 52.7 Å². The summed E-state index contributed by atoms with van der Waals surface area (Å²) in [5.41, 5.74) is 3.51. The fraction of sp³-hybridized carbons (Fsp3) is 0.231. The highest BCUT2D eigenvalue weighted by Crippen LogP contribution is 2.54. The van der Waals surface area contributed by atoms with Gasteiger partial charge in [0.2, 0.25) is 0 Å². The summed E-state index contributed by atoms with van der Waals surface area (Å²) in [4.78, 5) is 29.2. The number of amides is 3. The molecule has 0 aliphatic carbocycles. The Hall–Kier alpha value is -3.39. The zero-order valence-corrected chi connectivity index (χ0v) is 19.6. The van der Waals surface area contributed by atoms with Crippen LogP contribution in [-0.2, 0) is 16.2 Å². The van der Waals surface area contributed by atoms with Crippen molar-refractivity contribution in [3.63, 3.8) is 0 Å². The van der Waals surface area contributed by atoms with Crippen LogP contribution in [0.3, 0.4) is 0 Å². The second-order valence-electron chi connectivity index (χ2n) is 8.54. The SMILES string of the molecule is Cc1ccc2c(c1)[C@]1(SCCN1C(=O)Nc1ccc(C)c(F)c1)C(=O)N2Cc1ccccc1F. The van der Waals surface area contributed by atoms with Gasteiger partial charge in [0.05, 0.1) is 12.2 Å². The van der Waals surface area contributed by atoms with E-state index in [4.69, 9.17) is 0 Å². The lowest BCUT2D eigenvalue weighted by Gasteiger charge is -2.33. The lowest BCUT2D eigenvalue weighted by Crippen LogP contribution is -2.51. The number of anilines is 2. The van der Waals surface area contributed by atoms with Crippen LogP contribution in [0.4, 0.5) is 25.0 Å². The van der Waals surface area contributed by atoms with E-state index < -0.39 is 16.7 Å². The van der Waals surface area contributed by atoms with Gasteiger partial charge in [-0.25, -0.2) is 13.6 Å². The highest BCUT2D eigenvalue weighted by atomic mass is 32.2. The summed E-state index contributed by atoms with van der Waals surface area (Å²) in [6, 6.07) is 16.0. The zero-order chi connectivity index (χ0) is 24.0. The molecule has 1 fully saturated rings. The molecule has 5 rings (SSSR count). The summed E-state index contributed by atoms with van der Waals surface area (Å²) < 4.78 is 28.5. The molecule has 0 saturated carbocycles. The largest absolute Gasteiger partial charge is 0.323 e. The second kappa shape index (κ2) is 8.43. The van der Waals surface area contributed by atoms with Crippen molar-refractivity contribution in [2.45, 2.75) is 25.3 Å². The number of halogens is 2. The summed E-state index contributed by atoms with van der Waals surface area (Å²) in [5.74, 6) is -0.538. The van der Waals surface area contributed by atoms with Crippen molar-refractivity contribution in [2.24, 2.45) is 0 Å². The molecule has 8 heteroatoms. The minimum absolute atomic E-state index is 0.0580. The molecule has 0 bridgehead atoms. The molecular weight excluding hydrogens is 456 g/mol. The number of hydrogen-bond donors (Lipinski definition) is 1. The molecule has 3 amide bonds. The number of carbonyl (C=O) groups excluding carboxylic acids is 2. The van der Waals surface area contributed by atoms with E-state index in [1.807, 2.05) is 25.1 Å². The third-order valence-electron chi connectivity index (χ3n) is 6.30. The van der Waals surface area contributed by atoms with E-state index in [0.717, 1.165) is 5.56 Å². The molecule has 1 N–H and O–H groups in total. The van der Waals surface area contributed by atoms with Crippen LogP contribution in [0.2, 0.25) is 0 Å². The molecule has 174 valence electrons. The zero-order valence-electron chi connectivity index (χ0n) is 18.8. The predicted octanol–water partition coefficient (Wildman–Crippen LogP) is 5.56. The molecule has 0 unspecified atom stereocenters. The standard InChI is InChI=1S/C26H23F2N3O2S/c1-16-7-10-23-20(13-16)26(24(32)30(23)15-18-5-3-4-6-21(18)27)31(11-12-34-26)25(33)29-19-9-8-17(2)22(28)14-19/h3-10,13-14H,11-12,15H2,1-2H3,(H,29,33)/t26-/m0/s1. The van der Waals surface area contributed by atoms with E-state index in [2.05, 4.69) is 5.32 Å². The number of rotatable bonds is 3. The summed E-state index contributed by atoms with van der Waals surface area (Å²) in [5, 5.41) is 2.75. The summed E-state index contributed by atoms with van der Waals surface area (Å²) in [6.07, 6.45) is 0. The molecular formula is C26H23F2N3O2S. The number of aryl methyl sites for hydroxylation is 2. The molecule has 1 spiro atoms. The summed E-state index contributed by atoms with van der Waals surface area (Å²) in [7, 11) is 0. The number of benzene rings is 3. The normalized spacial score (nSPS) is 19.1. The molecule has 2 aliphatic rings. The Morgan fingerprint density at radius 1 is 1.06 bits per heavy atom. The average Bonchev–Trinajstić information content (AvgIpc) is 3.35. The van der Waals surface area contributed by atoms with Gasteiger partial charge in [0.15, 0.2) is 4.87 Å². The Morgan fingerprint density at radius 2 is 1.85 bits per heavy atom. The number of urea groups is 1. The second-order valence-corrected chi connectivity index (χ2v) is 9.83. The fourth-order valence-corrected chi connectivity index (χ4v) is 6.00. The maximum atomic E-state index is 14.4. The van der Waals surface area contributed by atoms with Gasteiger partial charge in [0, 0.05) is 29.1 Å². The summed E-state index contributed by atoms with van der Waals surface area (Å²) in [6.45, 7) is 3.98. The third-order valence-corrected chi connectivity index (χ3v) is 7.72. The van der Waals surface area contributed by atoms with Crippen LogP contribution in [0, 0.1) is 25.5 Å². The molecule has 0 radical (unpaired) electrons. The molecule has 1 atom stereocenters. The molecule has 34 heavy (non-hydrogen) atoms. The van der Waals surface area contributed by atoms with Crippen molar-refractivity contribution in [1.29, 1.82) is 0 Å². The molecule has 0 aromatic heterocycles. The summed E-state index contributed by atoms with van der Waals surface area (Å²) >= 11 is 1.39. The Balaban J connectivity index is 1.53. The molecule has 1 saturated heterocycles. The average molecular weight is 480 g/mol. The van der Waals surface area contributed by atoms with E-state index in [0.29, 0.717) is 40.4 Å². The predicted molar refractivity (Wildman–Crippen MR) is 130 cm³/mol. The van der Waals surface area contributed by atoms with E-state index in [1.165, 1.54) is 28.8 Å². The van der Waals surface area contributed by atoms with Crippen LogP contribution in [-0.4, -0.2) is 29.1 Å². The maximum Gasteiger partial charge on any atom is 0.323 e. The van der Waals surface area contributed by atoms with Gasteiger partial charge in [-0.05, 0) is 43.7 Å². The number of nitrogens with one attached hydrogen (secondary N) is 1. The molecule has 2 aliphatic heterocycles. The van der Waals surface area contributed by atoms with Crippen LogP contribution in [0.25, 0.3) is 0 Å². The molecule has 3 aromatic carbocycles. The van der Waals surface area contributed by atoms with Crippen molar-refractivity contribution < 1.29 is 18.4 Å². The highest BCUT2D eigenvalue weighted by molar-refractivity contribution is 8.01. The van der Waals surface area contributed by atoms with Crippen molar-refractivity contribution >= 4 is 35.1 Å². The van der Waals surface area contributed by atoms with Gasteiger partial charge in [-0.3, -0.25) is 9.69 Å². The van der Waals surface area contributed by atoms with Gasteiger partial charge in [-0.15, -0.1) is 11.8 Å². The fourth-order valence-electron chi connectivity index (χ4n) is 4.54. The van der Waals surface area contributed by atoms with Gasteiger partial charge in [0.25, 0.3) is 5.91 Å². The lowest BCUT2D eigenvalue weighted by atomic mass is 10.0. The Kier molecular flexibility index (Phi) is 5.56. The van der Waals surface area contributed by atoms with Gasteiger partial charge in [-0.1, -0.05) is 42.0 Å². The Bertz CT molecular complexity index is 1310. The monoisotopic (exact) mass is 479 g/mol. The van der Waals surface area contributed by atoms with E-state index in [1.54, 1.807) is 42.2 Å². The van der Waals surface area contributed by atoms with Crippen molar-refractivity contribution in [3.05, 3.63) is 94.6 Å². The van der Waals surface area contributed by atoms with Crippen molar-refractivity contribution in [1.82, 2.24) is 4.90 Å². The maximum absolute atomic E-state index is 14.4. The van der Waals surface area contributed by atoms with Crippen LogP contribution in [0.5, 0.6) is 0 Å². The smallest absolute Gasteiger partial charge is 0.308 e. The lowest BCUT2D eigenvalue weighted by molar-refractivity contribution is -0.123. The van der Waals surface area contributed by atoms with Crippen molar-refractivity contribution in [2.75, 3.05) is 22.5 Å². The Labute approximate surface area is 200 Å². The molecule has 3 aromatic rings. The van der Waals surface area contributed by atoms with Crippen LogP contribution in [0.15, 0.2) is 60.7 Å². The van der Waals surface area contributed by atoms with E-state index in [-0.39, 0.29) is 18.3 Å². The quantitative estimate of drug-likeness (QED) is 0.535. The van der Waals surface area contributed by atoms with Gasteiger partial charge < -0.3 is 10.2 Å². The first kappa shape index (κ1) is 22.4. The van der Waals surface area contributed by atoms with Gasteiger partial charge >= 0.3 is 6.03 Å². The third kappa shape index (κ3) is 3.53. The van der Waals surface area contributed by atoms with Gasteiger partial charge in [0.1, 0.15) is 11.6 Å². The van der Waals surface area contributed by atoms with Gasteiger partial charge in [-0.2, -0.15) is 0 Å². The number of nitrogens with zero attached hydrogens (tertiary/aromatic N) is 2. The molecule has 5 nitrogen and oxygen atoms in total. The number of fused-ring (bicyclic) bond motifs is 2. The molecule has 2 heterocycles. The minimum atomic E-state index is -1.26. The first-order valence-corrected chi connectivity index (χ1v) is 11.9. The minimum Gasteiger partial charge on any atom is -0.308 e. The Morgan fingerprint density at radius 3 is 2.62 bits per heavy atom.